The van der Waals surface area contributed by atoms with Crippen LogP contribution in [-0.4, -0.2) is 34.0 Å². The molecule has 2 amide bonds. The minimum Gasteiger partial charge on any atom is -0.344 e. The molecule has 0 unspecified atom stereocenters. The number of imidazole rings is 1. The highest BCUT2D eigenvalue weighted by Crippen LogP contribution is 2.28. The summed E-state index contributed by atoms with van der Waals surface area (Å²) in [5, 5.41) is 11.8. The fraction of sp³-hybridized carbons (Fsp3) is 0.333. The van der Waals surface area contributed by atoms with Crippen LogP contribution >= 0.6 is 0 Å². The number of aryl methyl sites for hydroxylation is 1. The van der Waals surface area contributed by atoms with Gasteiger partial charge >= 0.3 is 0 Å². The quantitative estimate of drug-likeness (QED) is 0.899. The molecule has 2 aliphatic rings. The Labute approximate surface area is 144 Å². The summed E-state index contributed by atoms with van der Waals surface area (Å²) in [5.41, 5.74) is 2.16. The first-order valence-corrected chi connectivity index (χ1v) is 8.34. The van der Waals surface area contributed by atoms with Crippen molar-refractivity contribution in [1.29, 1.82) is 5.26 Å². The Balaban J connectivity index is 1.66. The molecule has 2 aliphatic heterocycles. The lowest BCUT2D eigenvalue weighted by Gasteiger charge is -2.29. The van der Waals surface area contributed by atoms with Crippen LogP contribution in [0.4, 0.5) is 5.95 Å². The molecular formula is C18H17N5O2. The molecule has 0 aliphatic carbocycles. The molecule has 1 aromatic carbocycles. The van der Waals surface area contributed by atoms with E-state index >= 15 is 0 Å². The number of rotatable bonds is 2. The Morgan fingerprint density at radius 2 is 2.24 bits per heavy atom. The number of carbonyl (C=O) groups excluding carboxylic acids is 2. The minimum absolute atomic E-state index is 0.0762. The fourth-order valence-corrected chi connectivity index (χ4v) is 3.37. The first-order chi connectivity index (χ1) is 12.2. The van der Waals surface area contributed by atoms with E-state index in [0.717, 1.165) is 24.2 Å². The molecule has 7 heteroatoms. The van der Waals surface area contributed by atoms with Crippen molar-refractivity contribution in [3.63, 3.8) is 0 Å². The maximum Gasteiger partial charge on any atom is 0.251 e. The van der Waals surface area contributed by atoms with Gasteiger partial charge in [0.25, 0.3) is 5.91 Å². The van der Waals surface area contributed by atoms with Crippen molar-refractivity contribution in [3.8, 4) is 17.3 Å². The van der Waals surface area contributed by atoms with Gasteiger partial charge in [0.05, 0.1) is 17.3 Å². The van der Waals surface area contributed by atoms with E-state index in [4.69, 9.17) is 5.26 Å². The minimum atomic E-state index is -0.457. The summed E-state index contributed by atoms with van der Waals surface area (Å²) < 4.78 is 1.96. The van der Waals surface area contributed by atoms with Crippen LogP contribution in [0.25, 0.3) is 11.3 Å². The zero-order chi connectivity index (χ0) is 17.4. The van der Waals surface area contributed by atoms with Crippen LogP contribution in [0, 0.1) is 11.3 Å². The normalized spacial score (nSPS) is 19.2. The van der Waals surface area contributed by atoms with Crippen molar-refractivity contribution in [3.05, 3.63) is 36.0 Å². The van der Waals surface area contributed by atoms with Crippen molar-refractivity contribution in [2.24, 2.45) is 0 Å². The molecule has 4 rings (SSSR count). The second-order valence-corrected chi connectivity index (χ2v) is 6.31. The molecule has 1 atom stereocenters. The third kappa shape index (κ3) is 2.76. The summed E-state index contributed by atoms with van der Waals surface area (Å²) in [4.78, 5) is 30.5. The zero-order valence-corrected chi connectivity index (χ0v) is 13.6. The number of nitrogens with zero attached hydrogens (tertiary/aromatic N) is 4. The number of nitriles is 1. The standard InChI is InChI=1S/C18H17N5O2/c19-10-12-3-1-4-13(9-12)15-11-22-7-2-8-23(18(22)21-15)17(25)14-5-6-16(24)20-14/h1,3-4,9,11,14H,2,5-8H2,(H,20,24)/t14-/m1/s1. The summed E-state index contributed by atoms with van der Waals surface area (Å²) >= 11 is 0. The van der Waals surface area contributed by atoms with Gasteiger partial charge < -0.3 is 9.88 Å². The van der Waals surface area contributed by atoms with Crippen molar-refractivity contribution in [2.75, 3.05) is 11.4 Å². The number of hydrogen-bond acceptors (Lipinski definition) is 4. The molecular weight excluding hydrogens is 318 g/mol. The fourth-order valence-electron chi connectivity index (χ4n) is 3.37. The lowest BCUT2D eigenvalue weighted by atomic mass is 10.1. The first-order valence-electron chi connectivity index (χ1n) is 8.34. The summed E-state index contributed by atoms with van der Waals surface area (Å²) in [6, 6.07) is 8.93. The van der Waals surface area contributed by atoms with Gasteiger partial charge in [0.15, 0.2) is 0 Å². The number of nitrogens with one attached hydrogen (secondary N) is 1. The van der Waals surface area contributed by atoms with E-state index in [9.17, 15) is 9.59 Å². The number of aromatic nitrogens is 2. The summed E-state index contributed by atoms with van der Waals surface area (Å²) in [6.07, 6.45) is 3.68. The lowest BCUT2D eigenvalue weighted by Crippen LogP contribution is -2.47. The predicted molar refractivity (Wildman–Crippen MR) is 90.5 cm³/mol. The van der Waals surface area contributed by atoms with E-state index in [1.165, 1.54) is 0 Å². The lowest BCUT2D eigenvalue weighted by molar-refractivity contribution is -0.124. The van der Waals surface area contributed by atoms with Gasteiger partial charge in [-0.2, -0.15) is 5.26 Å². The van der Waals surface area contributed by atoms with Crippen LogP contribution in [-0.2, 0) is 16.1 Å². The van der Waals surface area contributed by atoms with E-state index in [2.05, 4.69) is 16.4 Å². The van der Waals surface area contributed by atoms with Crippen LogP contribution in [0.2, 0.25) is 0 Å². The summed E-state index contributed by atoms with van der Waals surface area (Å²) in [6.45, 7) is 1.39. The van der Waals surface area contributed by atoms with Crippen molar-refractivity contribution < 1.29 is 9.59 Å². The molecule has 1 fully saturated rings. The second kappa shape index (κ2) is 6.06. The van der Waals surface area contributed by atoms with Gasteiger partial charge in [-0.3, -0.25) is 14.5 Å². The van der Waals surface area contributed by atoms with Crippen LogP contribution in [0.15, 0.2) is 30.5 Å². The van der Waals surface area contributed by atoms with Gasteiger partial charge in [-0.1, -0.05) is 12.1 Å². The van der Waals surface area contributed by atoms with Crippen LogP contribution in [0.3, 0.4) is 0 Å². The van der Waals surface area contributed by atoms with Gasteiger partial charge in [0.1, 0.15) is 6.04 Å². The molecule has 1 saturated heterocycles. The zero-order valence-electron chi connectivity index (χ0n) is 13.6. The smallest absolute Gasteiger partial charge is 0.251 e. The number of anilines is 1. The molecule has 2 aromatic rings. The van der Waals surface area contributed by atoms with Crippen molar-refractivity contribution in [2.45, 2.75) is 31.8 Å². The number of hydrogen-bond donors (Lipinski definition) is 1. The van der Waals surface area contributed by atoms with Gasteiger partial charge in [-0.05, 0) is 25.0 Å². The Kier molecular flexibility index (Phi) is 3.73. The molecule has 7 nitrogen and oxygen atoms in total. The average molecular weight is 335 g/mol. The maximum absolute atomic E-state index is 12.8. The third-order valence-corrected chi connectivity index (χ3v) is 4.62. The number of amides is 2. The largest absolute Gasteiger partial charge is 0.344 e. The van der Waals surface area contributed by atoms with Crippen molar-refractivity contribution >= 4 is 17.8 Å². The Morgan fingerprint density at radius 3 is 3.00 bits per heavy atom. The summed E-state index contributed by atoms with van der Waals surface area (Å²) in [5.74, 6) is 0.428. The van der Waals surface area contributed by atoms with E-state index in [1.54, 1.807) is 17.0 Å². The molecule has 0 saturated carbocycles. The highest BCUT2D eigenvalue weighted by atomic mass is 16.2. The van der Waals surface area contributed by atoms with E-state index in [0.29, 0.717) is 30.9 Å². The highest BCUT2D eigenvalue weighted by Gasteiger charge is 2.34. The monoisotopic (exact) mass is 335 g/mol. The van der Waals surface area contributed by atoms with Crippen LogP contribution < -0.4 is 10.2 Å². The topological polar surface area (TPSA) is 91.0 Å². The molecule has 0 bridgehead atoms. The third-order valence-electron chi connectivity index (χ3n) is 4.62. The van der Waals surface area contributed by atoms with Gasteiger partial charge in [0, 0.05) is 31.3 Å². The maximum atomic E-state index is 12.8. The Morgan fingerprint density at radius 1 is 1.36 bits per heavy atom. The molecule has 3 heterocycles. The number of carbonyl (C=O) groups is 2. The number of fused-ring (bicyclic) bond motifs is 1. The highest BCUT2D eigenvalue weighted by molar-refractivity contribution is 6.00. The van der Waals surface area contributed by atoms with Crippen LogP contribution in [0.1, 0.15) is 24.8 Å². The summed E-state index contributed by atoms with van der Waals surface area (Å²) in [7, 11) is 0. The average Bonchev–Trinajstić information content (AvgIpc) is 3.27. The molecule has 0 radical (unpaired) electrons. The Hall–Kier alpha value is -3.14. The van der Waals surface area contributed by atoms with E-state index < -0.39 is 6.04 Å². The molecule has 1 aromatic heterocycles. The van der Waals surface area contributed by atoms with Crippen LogP contribution in [0.5, 0.6) is 0 Å². The molecule has 126 valence electrons. The molecule has 25 heavy (non-hydrogen) atoms. The van der Waals surface area contributed by atoms with Gasteiger partial charge in [0.2, 0.25) is 11.9 Å². The van der Waals surface area contributed by atoms with Crippen molar-refractivity contribution in [1.82, 2.24) is 14.9 Å². The van der Waals surface area contributed by atoms with Gasteiger partial charge in [-0.25, -0.2) is 4.98 Å². The van der Waals surface area contributed by atoms with E-state index in [1.807, 2.05) is 22.9 Å². The number of benzene rings is 1. The van der Waals surface area contributed by atoms with E-state index in [-0.39, 0.29) is 11.8 Å². The predicted octanol–water partition coefficient (Wildman–Crippen LogP) is 1.44. The Bertz CT molecular complexity index is 895. The second-order valence-electron chi connectivity index (χ2n) is 6.31. The van der Waals surface area contributed by atoms with Gasteiger partial charge in [-0.15, -0.1) is 0 Å². The first kappa shape index (κ1) is 15.4. The molecule has 1 N–H and O–H groups in total. The SMILES string of the molecule is N#Cc1cccc(-c2cn3c(n2)N(C(=O)[C@H]2CCC(=O)N2)CCC3)c1. The molecule has 0 spiro atoms.